The molecule has 1 fully saturated rings. The summed E-state index contributed by atoms with van der Waals surface area (Å²) in [6.07, 6.45) is 4.85. The molecule has 3 heterocycles. The van der Waals surface area contributed by atoms with Crippen molar-refractivity contribution in [3.8, 4) is 17.0 Å². The number of rotatable bonds is 2. The van der Waals surface area contributed by atoms with Gasteiger partial charge in [-0.1, -0.05) is 107 Å². The summed E-state index contributed by atoms with van der Waals surface area (Å²) in [6, 6.07) is 30.4. The molecule has 0 spiro atoms. The molecule has 3 aliphatic rings. The lowest BCUT2D eigenvalue weighted by Crippen LogP contribution is -2.08. The van der Waals surface area contributed by atoms with Crippen molar-refractivity contribution in [1.29, 1.82) is 0 Å². The summed E-state index contributed by atoms with van der Waals surface area (Å²) in [5.41, 5.74) is 7.44. The number of carbonyl (C=O) groups is 1. The summed E-state index contributed by atoms with van der Waals surface area (Å²) in [5.74, 6) is 0.631. The van der Waals surface area contributed by atoms with Crippen LogP contribution in [0.5, 0.6) is 5.75 Å². The molecule has 6 bridgehead atoms. The predicted octanol–water partition coefficient (Wildman–Crippen LogP) is 10.3. The fourth-order valence-electron chi connectivity index (χ4n) is 6.20. The van der Waals surface area contributed by atoms with Gasteiger partial charge in [0.1, 0.15) is 0 Å². The number of nitrogens with zero attached hydrogens (tertiary/aromatic N) is 2. The minimum absolute atomic E-state index is 0.0440. The summed E-state index contributed by atoms with van der Waals surface area (Å²) in [5, 5.41) is 5.06. The second-order valence-corrected chi connectivity index (χ2v) is 10.7. The van der Waals surface area contributed by atoms with Crippen LogP contribution in [0.15, 0.2) is 97.2 Å². The number of aromatic nitrogens is 2. The van der Waals surface area contributed by atoms with Crippen molar-refractivity contribution < 1.29 is 14.3 Å². The monoisotopic (exact) mass is 572 g/mol. The molecule has 0 saturated heterocycles. The van der Waals surface area contributed by atoms with Gasteiger partial charge < -0.3 is 0 Å². The van der Waals surface area contributed by atoms with E-state index in [0.717, 1.165) is 28.7 Å². The number of aldehydes is 1. The number of benzene rings is 5. The number of para-hydroxylation sites is 1. The lowest BCUT2D eigenvalue weighted by atomic mass is 9.86. The first kappa shape index (κ1) is 29.8. The Hall–Kier alpha value is -4.64. The first-order valence-electron chi connectivity index (χ1n) is 15.1. The van der Waals surface area contributed by atoms with Crippen LogP contribution in [-0.2, 0) is 11.8 Å². The van der Waals surface area contributed by atoms with Gasteiger partial charge in [-0.25, -0.2) is 4.98 Å². The van der Waals surface area contributed by atoms with Gasteiger partial charge in [0, 0.05) is 20.9 Å². The highest BCUT2D eigenvalue weighted by Crippen LogP contribution is 2.58. The molecule has 1 saturated carbocycles. The molecular formula is C38H37FN2O2. The average molecular weight is 573 g/mol. The van der Waals surface area contributed by atoms with Crippen LogP contribution < -0.4 is 4.94 Å². The maximum Gasteiger partial charge on any atom is 0.182 e. The molecular weight excluding hydrogens is 535 g/mol. The van der Waals surface area contributed by atoms with E-state index in [2.05, 4.69) is 78.6 Å². The summed E-state index contributed by atoms with van der Waals surface area (Å²) in [7, 11) is 0. The van der Waals surface area contributed by atoms with E-state index in [4.69, 9.17) is 9.97 Å². The molecule has 5 aromatic carbocycles. The van der Waals surface area contributed by atoms with Crippen molar-refractivity contribution in [3.63, 3.8) is 0 Å². The van der Waals surface area contributed by atoms with Gasteiger partial charge in [0.05, 0.1) is 28.5 Å². The smallest absolute Gasteiger partial charge is 0.182 e. The van der Waals surface area contributed by atoms with E-state index in [9.17, 15) is 9.32 Å². The molecule has 1 aliphatic carbocycles. The van der Waals surface area contributed by atoms with E-state index in [-0.39, 0.29) is 16.7 Å². The Morgan fingerprint density at radius 2 is 1.53 bits per heavy atom. The molecule has 2 atom stereocenters. The van der Waals surface area contributed by atoms with Crippen LogP contribution in [0, 0.1) is 5.92 Å². The molecule has 1 aromatic heterocycles. The Morgan fingerprint density at radius 1 is 0.837 bits per heavy atom. The molecule has 2 aliphatic heterocycles. The third kappa shape index (κ3) is 5.36. The maximum absolute atomic E-state index is 11.5. The maximum atomic E-state index is 11.5. The molecule has 6 aromatic rings. The fourth-order valence-corrected chi connectivity index (χ4v) is 6.20. The first-order valence-corrected chi connectivity index (χ1v) is 15.1. The number of carbonyl (C=O) groups excluding carboxylic acids is 1. The van der Waals surface area contributed by atoms with Crippen LogP contribution in [-0.4, -0.2) is 16.3 Å². The lowest BCUT2D eigenvalue weighted by Gasteiger charge is -2.19. The Bertz CT molecular complexity index is 1920. The van der Waals surface area contributed by atoms with E-state index in [1.54, 1.807) is 12.1 Å². The number of hydrogen-bond acceptors (Lipinski definition) is 4. The van der Waals surface area contributed by atoms with Crippen LogP contribution in [0.4, 0.5) is 4.53 Å². The standard InChI is InChI=1S/C27H20N2.C7H5FO2.2C2H6/c1-27-14-18(27)13-16-6-4-7-17(12-16)23-15-28-26-24-20(10-5-11-22(24)27)19-8-2-3-9-21(19)25(26)29-23;8-10-7-4-2-1-3-6(7)5-9;2*1-2/h2-12,15,18H,13-14H2,1H3;1-5H;2*1-2H3/t18-,27?;;;/m0.../s1. The molecule has 4 nitrogen and oxygen atoms in total. The highest BCUT2D eigenvalue weighted by atomic mass is 19.3. The summed E-state index contributed by atoms with van der Waals surface area (Å²) in [4.78, 5) is 23.7. The molecule has 0 radical (unpaired) electrons. The number of fused-ring (bicyclic) bond motifs is 3. The molecule has 0 amide bonds. The van der Waals surface area contributed by atoms with Crippen molar-refractivity contribution in [2.75, 3.05) is 0 Å². The van der Waals surface area contributed by atoms with Gasteiger partial charge >= 0.3 is 0 Å². The Labute approximate surface area is 252 Å². The molecule has 5 heteroatoms. The lowest BCUT2D eigenvalue weighted by molar-refractivity contribution is -0.00683. The normalized spacial score (nSPS) is 17.3. The van der Waals surface area contributed by atoms with E-state index in [1.165, 1.54) is 51.2 Å². The van der Waals surface area contributed by atoms with Gasteiger partial charge in [-0.15, -0.1) is 0 Å². The quantitative estimate of drug-likeness (QED) is 0.153. The zero-order valence-corrected chi connectivity index (χ0v) is 25.4. The van der Waals surface area contributed by atoms with Crippen molar-refractivity contribution >= 4 is 38.9 Å². The molecule has 1 unspecified atom stereocenters. The summed E-state index contributed by atoms with van der Waals surface area (Å²) < 4.78 is 11.5. The number of hydrogen-bond donors (Lipinski definition) is 0. The van der Waals surface area contributed by atoms with Crippen LogP contribution in [0.2, 0.25) is 0 Å². The third-order valence-corrected chi connectivity index (χ3v) is 8.41. The minimum atomic E-state index is -0.0440. The summed E-state index contributed by atoms with van der Waals surface area (Å²) >= 11 is 0. The van der Waals surface area contributed by atoms with E-state index >= 15 is 0 Å². The minimum Gasteiger partial charge on any atom is -0.298 e. The van der Waals surface area contributed by atoms with Gasteiger partial charge in [-0.2, -0.15) is 0 Å². The van der Waals surface area contributed by atoms with Crippen molar-refractivity contribution in [2.24, 2.45) is 5.92 Å². The van der Waals surface area contributed by atoms with E-state index in [1.807, 2.05) is 33.9 Å². The van der Waals surface area contributed by atoms with Gasteiger partial charge in [-0.3, -0.25) is 14.7 Å². The Morgan fingerprint density at radius 3 is 2.28 bits per heavy atom. The van der Waals surface area contributed by atoms with Gasteiger partial charge in [0.15, 0.2) is 12.0 Å². The molecule has 218 valence electrons. The predicted molar refractivity (Wildman–Crippen MR) is 175 cm³/mol. The second kappa shape index (κ2) is 12.7. The van der Waals surface area contributed by atoms with E-state index < -0.39 is 0 Å². The zero-order chi connectivity index (χ0) is 30.6. The van der Waals surface area contributed by atoms with Crippen LogP contribution >= 0.6 is 0 Å². The molecule has 43 heavy (non-hydrogen) atoms. The second-order valence-electron chi connectivity index (χ2n) is 10.7. The van der Waals surface area contributed by atoms with Crippen LogP contribution in [0.1, 0.15) is 62.5 Å². The van der Waals surface area contributed by atoms with Crippen molar-refractivity contribution in [1.82, 2.24) is 9.97 Å². The zero-order valence-electron chi connectivity index (χ0n) is 25.4. The number of halogens is 1. The summed E-state index contributed by atoms with van der Waals surface area (Å²) in [6.45, 7) is 10.4. The SMILES string of the molecule is CC.CC.CC12C[C@@H]1Cc1cccc(c1)-c1cnc3c(n1)c1ccccc1c1cccc2c13.O=Cc1ccccc1OF. The van der Waals surface area contributed by atoms with Gasteiger partial charge in [0.2, 0.25) is 0 Å². The van der Waals surface area contributed by atoms with E-state index in [0.29, 0.717) is 12.2 Å². The first-order chi connectivity index (χ1) is 21.1. The third-order valence-electron chi connectivity index (χ3n) is 8.41. The highest BCUT2D eigenvalue weighted by molar-refractivity contribution is 6.24. The fraction of sp³-hybridized carbons (Fsp3) is 0.237. The van der Waals surface area contributed by atoms with Crippen molar-refractivity contribution in [3.05, 3.63) is 114 Å². The van der Waals surface area contributed by atoms with Gasteiger partial charge in [0.25, 0.3) is 0 Å². The van der Waals surface area contributed by atoms with Crippen molar-refractivity contribution in [2.45, 2.75) is 52.9 Å². The molecule has 9 rings (SSSR count). The van der Waals surface area contributed by atoms with Crippen LogP contribution in [0.3, 0.4) is 0 Å². The van der Waals surface area contributed by atoms with Crippen LogP contribution in [0.25, 0.3) is 43.8 Å². The molecule has 0 N–H and O–H groups in total. The highest BCUT2D eigenvalue weighted by Gasteiger charge is 2.51. The largest absolute Gasteiger partial charge is 0.298 e. The Balaban J connectivity index is 0.000000223. The topological polar surface area (TPSA) is 52.1 Å². The van der Waals surface area contributed by atoms with Gasteiger partial charge in [-0.05, 0) is 64.3 Å². The average Bonchev–Trinajstić information content (AvgIpc) is 3.75. The Kier molecular flexibility index (Phi) is 8.81.